The molecule has 0 amide bonds. The van der Waals surface area contributed by atoms with Gasteiger partial charge >= 0.3 is 0 Å². The van der Waals surface area contributed by atoms with Gasteiger partial charge in [0, 0.05) is 34.9 Å². The van der Waals surface area contributed by atoms with Crippen molar-refractivity contribution >= 4 is 16.9 Å². The molecule has 3 atom stereocenters. The van der Waals surface area contributed by atoms with Gasteiger partial charge in [0.15, 0.2) is 5.17 Å². The molecule has 27 heavy (non-hydrogen) atoms. The van der Waals surface area contributed by atoms with Crippen molar-refractivity contribution in [3.63, 3.8) is 0 Å². The summed E-state index contributed by atoms with van der Waals surface area (Å²) >= 11 is 1.86. The predicted octanol–water partition coefficient (Wildman–Crippen LogP) is 2.99. The minimum atomic E-state index is 0.0102. The molecular weight excluding hydrogens is 358 g/mol. The molecule has 7 nitrogen and oxygen atoms in total. The largest absolute Gasteiger partial charge is 0.341 e. The van der Waals surface area contributed by atoms with Crippen LogP contribution < -0.4 is 0 Å². The summed E-state index contributed by atoms with van der Waals surface area (Å²) in [6.07, 6.45) is 5.31. The normalized spacial score (nSPS) is 24.3. The quantitative estimate of drug-likeness (QED) is 0.700. The third-order valence-electron chi connectivity index (χ3n) is 5.27. The Labute approximate surface area is 162 Å². The Morgan fingerprint density at radius 1 is 1.15 bits per heavy atom. The van der Waals surface area contributed by atoms with E-state index in [1.807, 2.05) is 34.8 Å². The van der Waals surface area contributed by atoms with E-state index in [1.54, 1.807) is 12.7 Å². The van der Waals surface area contributed by atoms with E-state index in [-0.39, 0.29) is 12.1 Å². The van der Waals surface area contributed by atoms with Crippen LogP contribution in [-0.4, -0.2) is 46.4 Å². The first-order valence-corrected chi connectivity index (χ1v) is 9.97. The van der Waals surface area contributed by atoms with E-state index < -0.39 is 0 Å². The molecule has 0 N–H and O–H groups in total. The summed E-state index contributed by atoms with van der Waals surface area (Å²) in [5.74, 6) is 0. The van der Waals surface area contributed by atoms with E-state index in [4.69, 9.17) is 4.99 Å². The highest BCUT2D eigenvalue weighted by Crippen LogP contribution is 2.48. The first-order valence-electron chi connectivity index (χ1n) is 9.09. The van der Waals surface area contributed by atoms with Gasteiger partial charge in [-0.1, -0.05) is 24.8 Å². The third-order valence-corrected chi connectivity index (χ3v) is 6.37. The third kappa shape index (κ3) is 2.58. The summed E-state index contributed by atoms with van der Waals surface area (Å²) < 4.78 is 4.07. The van der Waals surface area contributed by atoms with Gasteiger partial charge in [0.2, 0.25) is 0 Å². The Kier molecular flexibility index (Phi) is 3.82. The van der Waals surface area contributed by atoms with Crippen LogP contribution >= 0.6 is 11.8 Å². The molecule has 0 spiro atoms. The number of fused-ring (bicyclic) bond motifs is 1. The predicted molar refractivity (Wildman–Crippen MR) is 106 cm³/mol. The van der Waals surface area contributed by atoms with Gasteiger partial charge in [0.25, 0.3) is 0 Å². The Bertz CT molecular complexity index is 993. The Hall–Kier alpha value is -2.61. The second-order valence-corrected chi connectivity index (χ2v) is 8.52. The SMILES string of the molecule is Cc1cc([C@@H]2[C@H](c3ccccn3)N=C3S[C@H](C)CN32)c(C)n1-n1cnnc1. The van der Waals surface area contributed by atoms with Gasteiger partial charge in [0.1, 0.15) is 18.7 Å². The second kappa shape index (κ2) is 6.23. The van der Waals surface area contributed by atoms with Gasteiger partial charge < -0.3 is 4.90 Å². The zero-order valence-electron chi connectivity index (χ0n) is 15.5. The molecule has 0 radical (unpaired) electrons. The lowest BCUT2D eigenvalue weighted by Gasteiger charge is -2.27. The molecule has 138 valence electrons. The molecule has 2 aliphatic rings. The maximum Gasteiger partial charge on any atom is 0.160 e. The number of thioether (sulfide) groups is 1. The van der Waals surface area contributed by atoms with Crippen LogP contribution in [0.2, 0.25) is 0 Å². The van der Waals surface area contributed by atoms with E-state index in [0.717, 1.165) is 23.1 Å². The monoisotopic (exact) mass is 379 g/mol. The minimum Gasteiger partial charge on any atom is -0.341 e. The second-order valence-electron chi connectivity index (χ2n) is 7.12. The summed E-state index contributed by atoms with van der Waals surface area (Å²) in [5.41, 5.74) is 4.63. The van der Waals surface area contributed by atoms with Crippen LogP contribution in [0.3, 0.4) is 0 Å². The van der Waals surface area contributed by atoms with Crippen molar-refractivity contribution in [3.8, 4) is 0 Å². The van der Waals surface area contributed by atoms with Crippen LogP contribution in [-0.2, 0) is 0 Å². The van der Waals surface area contributed by atoms with E-state index in [9.17, 15) is 0 Å². The first kappa shape index (κ1) is 16.6. The van der Waals surface area contributed by atoms with Crippen molar-refractivity contribution in [2.24, 2.45) is 4.99 Å². The number of aromatic nitrogens is 5. The van der Waals surface area contributed by atoms with Crippen LogP contribution in [0.25, 0.3) is 0 Å². The number of nitrogens with zero attached hydrogens (tertiary/aromatic N) is 7. The lowest BCUT2D eigenvalue weighted by molar-refractivity contribution is 0.319. The number of aryl methyl sites for hydroxylation is 1. The molecule has 1 saturated heterocycles. The van der Waals surface area contributed by atoms with Gasteiger partial charge in [-0.25, -0.2) is 4.68 Å². The number of pyridine rings is 1. The van der Waals surface area contributed by atoms with E-state index in [1.165, 1.54) is 11.3 Å². The molecule has 2 aliphatic heterocycles. The lowest BCUT2D eigenvalue weighted by Crippen LogP contribution is -2.29. The number of hydrogen-bond acceptors (Lipinski definition) is 6. The van der Waals surface area contributed by atoms with Gasteiger partial charge in [0.05, 0.1) is 11.7 Å². The molecule has 0 saturated carbocycles. The molecule has 0 aromatic carbocycles. The Balaban J connectivity index is 1.63. The molecule has 0 bridgehead atoms. The summed E-state index contributed by atoms with van der Waals surface area (Å²) in [6, 6.07) is 8.51. The molecule has 3 aromatic rings. The molecular formula is C19H21N7S. The molecule has 0 aliphatic carbocycles. The topological polar surface area (TPSA) is 64.1 Å². The standard InChI is InChI=1S/C19H21N7S/c1-12-8-15(14(3)26(12)24-10-21-22-11-24)18-17(16-6-4-5-7-20-16)23-19-25(18)9-13(2)27-19/h4-8,10-11,13,17-18H,9H2,1-3H3/t13-,17+,18-/m1/s1. The van der Waals surface area contributed by atoms with Gasteiger partial charge in [-0.05, 0) is 32.0 Å². The first-order chi connectivity index (χ1) is 13.1. The highest BCUT2D eigenvalue weighted by Gasteiger charge is 2.44. The van der Waals surface area contributed by atoms with Crippen LogP contribution in [0.5, 0.6) is 0 Å². The smallest absolute Gasteiger partial charge is 0.160 e. The summed E-state index contributed by atoms with van der Waals surface area (Å²) in [7, 11) is 0. The number of hydrogen-bond donors (Lipinski definition) is 0. The fourth-order valence-electron chi connectivity index (χ4n) is 4.18. The van der Waals surface area contributed by atoms with Crippen molar-refractivity contribution in [1.29, 1.82) is 0 Å². The van der Waals surface area contributed by atoms with Crippen molar-refractivity contribution < 1.29 is 0 Å². The fourth-order valence-corrected chi connectivity index (χ4v) is 5.28. The Morgan fingerprint density at radius 2 is 1.96 bits per heavy atom. The van der Waals surface area contributed by atoms with Crippen molar-refractivity contribution in [2.45, 2.75) is 38.1 Å². The summed E-state index contributed by atoms with van der Waals surface area (Å²) in [5, 5.41) is 9.61. The van der Waals surface area contributed by atoms with Crippen LogP contribution in [0.4, 0.5) is 0 Å². The average molecular weight is 379 g/mol. The number of amidine groups is 1. The molecule has 8 heteroatoms. The molecule has 5 heterocycles. The highest BCUT2D eigenvalue weighted by molar-refractivity contribution is 8.14. The van der Waals surface area contributed by atoms with Crippen LogP contribution in [0.1, 0.15) is 41.7 Å². The summed E-state index contributed by atoms with van der Waals surface area (Å²) in [6.45, 7) is 7.54. The zero-order valence-corrected chi connectivity index (χ0v) is 16.3. The highest BCUT2D eigenvalue weighted by atomic mass is 32.2. The van der Waals surface area contributed by atoms with E-state index >= 15 is 0 Å². The average Bonchev–Trinajstić information content (AvgIpc) is 3.40. The van der Waals surface area contributed by atoms with Gasteiger partial charge in [-0.3, -0.25) is 14.7 Å². The zero-order chi connectivity index (χ0) is 18.5. The molecule has 1 fully saturated rings. The van der Waals surface area contributed by atoms with Gasteiger partial charge in [-0.2, -0.15) is 0 Å². The van der Waals surface area contributed by atoms with Crippen molar-refractivity contribution in [3.05, 3.63) is 65.8 Å². The van der Waals surface area contributed by atoms with Crippen molar-refractivity contribution in [1.82, 2.24) is 29.4 Å². The Morgan fingerprint density at radius 3 is 2.70 bits per heavy atom. The molecule has 5 rings (SSSR count). The van der Waals surface area contributed by atoms with Gasteiger partial charge in [-0.15, -0.1) is 10.2 Å². The van der Waals surface area contributed by atoms with E-state index in [0.29, 0.717) is 5.25 Å². The summed E-state index contributed by atoms with van der Waals surface area (Å²) in [4.78, 5) is 12.1. The maximum absolute atomic E-state index is 5.07. The number of rotatable bonds is 3. The molecule has 3 aromatic heterocycles. The van der Waals surface area contributed by atoms with Crippen LogP contribution in [0.15, 0.2) is 48.1 Å². The molecule has 0 unspecified atom stereocenters. The fraction of sp³-hybridized carbons (Fsp3) is 0.368. The minimum absolute atomic E-state index is 0.0102. The maximum atomic E-state index is 5.07. The lowest BCUT2D eigenvalue weighted by atomic mass is 9.96. The van der Waals surface area contributed by atoms with E-state index in [2.05, 4.69) is 57.7 Å². The van der Waals surface area contributed by atoms with Crippen LogP contribution in [0, 0.1) is 13.8 Å². The number of aliphatic imine (C=N–C) groups is 1. The van der Waals surface area contributed by atoms with Crippen molar-refractivity contribution in [2.75, 3.05) is 6.54 Å².